The van der Waals surface area contributed by atoms with Crippen LogP contribution in [0.3, 0.4) is 0 Å². The molecule has 0 fully saturated rings. The molecular weight excluding hydrogens is 222 g/mol. The minimum Gasteiger partial charge on any atom is -0.399 e. The summed E-state index contributed by atoms with van der Waals surface area (Å²) in [5.74, 6) is 0. The van der Waals surface area contributed by atoms with Crippen LogP contribution in [0.4, 0.5) is 5.69 Å². The maximum Gasteiger partial charge on any atom is 0.0927 e. The normalized spacial score (nSPS) is 11.3. The minimum atomic E-state index is 0.775. The highest BCUT2D eigenvalue weighted by atomic mass is 15.1. The standard InChI is InChI=1S/C15H13N3/c16-12-8-5-11(6-9-12)7-10-15-13-3-1-2-4-14(13)17-18-15/h1-10H,16H2,(H,17,18). The summed E-state index contributed by atoms with van der Waals surface area (Å²) in [5, 5.41) is 8.43. The Labute approximate surface area is 105 Å². The minimum absolute atomic E-state index is 0.775. The Morgan fingerprint density at radius 2 is 1.72 bits per heavy atom. The lowest BCUT2D eigenvalue weighted by Gasteiger charge is -1.94. The average molecular weight is 235 g/mol. The Kier molecular flexibility index (Phi) is 2.57. The van der Waals surface area contributed by atoms with E-state index in [2.05, 4.69) is 16.3 Å². The Morgan fingerprint density at radius 3 is 2.56 bits per heavy atom. The Bertz CT molecular complexity index is 693. The van der Waals surface area contributed by atoms with Gasteiger partial charge in [0.1, 0.15) is 0 Å². The number of nitrogens with two attached hydrogens (primary N) is 1. The number of anilines is 1. The molecule has 0 saturated carbocycles. The number of hydrogen-bond donors (Lipinski definition) is 2. The zero-order chi connectivity index (χ0) is 12.4. The van der Waals surface area contributed by atoms with Crippen molar-refractivity contribution >= 4 is 28.7 Å². The van der Waals surface area contributed by atoms with E-state index in [1.165, 1.54) is 0 Å². The first-order valence-electron chi connectivity index (χ1n) is 5.80. The molecule has 0 atom stereocenters. The monoisotopic (exact) mass is 235 g/mol. The first-order valence-corrected chi connectivity index (χ1v) is 5.80. The molecule has 2 aromatic carbocycles. The van der Waals surface area contributed by atoms with E-state index < -0.39 is 0 Å². The molecule has 3 aromatic rings. The van der Waals surface area contributed by atoms with Crippen LogP contribution in [0.5, 0.6) is 0 Å². The molecule has 3 rings (SSSR count). The molecule has 0 aliphatic rings. The van der Waals surface area contributed by atoms with Gasteiger partial charge in [-0.2, -0.15) is 5.10 Å². The quantitative estimate of drug-likeness (QED) is 0.669. The van der Waals surface area contributed by atoms with Crippen LogP contribution in [-0.2, 0) is 0 Å². The Morgan fingerprint density at radius 1 is 0.944 bits per heavy atom. The van der Waals surface area contributed by atoms with Gasteiger partial charge in [-0.15, -0.1) is 0 Å². The van der Waals surface area contributed by atoms with Crippen molar-refractivity contribution in [3.8, 4) is 0 Å². The average Bonchev–Trinajstić information content (AvgIpc) is 2.82. The van der Waals surface area contributed by atoms with Gasteiger partial charge in [0.2, 0.25) is 0 Å². The first-order chi connectivity index (χ1) is 8.83. The molecule has 0 aliphatic heterocycles. The molecule has 0 spiro atoms. The maximum absolute atomic E-state index is 5.65. The molecule has 88 valence electrons. The van der Waals surface area contributed by atoms with Crippen LogP contribution in [0.15, 0.2) is 48.5 Å². The van der Waals surface area contributed by atoms with Gasteiger partial charge >= 0.3 is 0 Å². The maximum atomic E-state index is 5.65. The van der Waals surface area contributed by atoms with Gasteiger partial charge in [0.25, 0.3) is 0 Å². The number of hydrogen-bond acceptors (Lipinski definition) is 2. The molecule has 0 radical (unpaired) electrons. The van der Waals surface area contributed by atoms with E-state index in [1.54, 1.807) is 0 Å². The number of nitrogens with one attached hydrogen (secondary N) is 1. The predicted molar refractivity (Wildman–Crippen MR) is 75.9 cm³/mol. The molecule has 18 heavy (non-hydrogen) atoms. The summed E-state index contributed by atoms with van der Waals surface area (Å²) >= 11 is 0. The van der Waals surface area contributed by atoms with Crippen molar-refractivity contribution in [2.45, 2.75) is 0 Å². The first kappa shape index (κ1) is 10.6. The fraction of sp³-hybridized carbons (Fsp3) is 0. The molecule has 3 nitrogen and oxygen atoms in total. The van der Waals surface area contributed by atoms with E-state index in [-0.39, 0.29) is 0 Å². The van der Waals surface area contributed by atoms with E-state index in [9.17, 15) is 0 Å². The molecule has 3 heteroatoms. The van der Waals surface area contributed by atoms with Crippen molar-refractivity contribution < 1.29 is 0 Å². The predicted octanol–water partition coefficient (Wildman–Crippen LogP) is 3.32. The van der Waals surface area contributed by atoms with Gasteiger partial charge in [0.05, 0.1) is 11.2 Å². The van der Waals surface area contributed by atoms with Gasteiger partial charge in [0, 0.05) is 11.1 Å². The summed E-state index contributed by atoms with van der Waals surface area (Å²) < 4.78 is 0. The van der Waals surface area contributed by atoms with Gasteiger partial charge in [-0.25, -0.2) is 0 Å². The molecule has 0 unspecified atom stereocenters. The third-order valence-electron chi connectivity index (χ3n) is 2.87. The second-order valence-electron chi connectivity index (χ2n) is 4.15. The van der Waals surface area contributed by atoms with Crippen molar-refractivity contribution in [3.05, 3.63) is 59.8 Å². The number of rotatable bonds is 2. The fourth-order valence-corrected chi connectivity index (χ4v) is 1.89. The van der Waals surface area contributed by atoms with E-state index in [0.29, 0.717) is 0 Å². The lowest BCUT2D eigenvalue weighted by Crippen LogP contribution is -1.82. The van der Waals surface area contributed by atoms with E-state index >= 15 is 0 Å². The second-order valence-corrected chi connectivity index (χ2v) is 4.15. The van der Waals surface area contributed by atoms with Crippen LogP contribution in [0.1, 0.15) is 11.3 Å². The molecule has 0 bridgehead atoms. The number of fused-ring (bicyclic) bond motifs is 1. The Balaban J connectivity index is 1.94. The van der Waals surface area contributed by atoms with E-state index in [4.69, 9.17) is 5.73 Å². The van der Waals surface area contributed by atoms with Crippen LogP contribution in [0.25, 0.3) is 23.1 Å². The summed E-state index contributed by atoms with van der Waals surface area (Å²) in [7, 11) is 0. The molecule has 0 aliphatic carbocycles. The molecule has 1 heterocycles. The smallest absolute Gasteiger partial charge is 0.0927 e. The largest absolute Gasteiger partial charge is 0.399 e. The van der Waals surface area contributed by atoms with Crippen molar-refractivity contribution in [2.24, 2.45) is 0 Å². The van der Waals surface area contributed by atoms with Crippen molar-refractivity contribution in [1.82, 2.24) is 10.2 Å². The summed E-state index contributed by atoms with van der Waals surface area (Å²) in [6.07, 6.45) is 4.03. The van der Waals surface area contributed by atoms with Gasteiger partial charge in [-0.3, -0.25) is 5.10 Å². The van der Waals surface area contributed by atoms with Crippen molar-refractivity contribution in [2.75, 3.05) is 5.73 Å². The van der Waals surface area contributed by atoms with Gasteiger partial charge in [-0.05, 0) is 29.8 Å². The zero-order valence-electron chi connectivity index (χ0n) is 9.80. The van der Waals surface area contributed by atoms with Gasteiger partial charge < -0.3 is 5.73 Å². The second kappa shape index (κ2) is 4.37. The Hall–Kier alpha value is -2.55. The molecule has 0 amide bonds. The lowest BCUT2D eigenvalue weighted by molar-refractivity contribution is 1.11. The van der Waals surface area contributed by atoms with Gasteiger partial charge in [0.15, 0.2) is 0 Å². The number of nitrogens with zero attached hydrogens (tertiary/aromatic N) is 1. The van der Waals surface area contributed by atoms with E-state index in [1.807, 2.05) is 54.6 Å². The highest BCUT2D eigenvalue weighted by Gasteiger charge is 2.00. The summed E-state index contributed by atoms with van der Waals surface area (Å²) in [6.45, 7) is 0. The number of H-pyrrole nitrogens is 1. The van der Waals surface area contributed by atoms with Gasteiger partial charge in [-0.1, -0.05) is 36.4 Å². The summed E-state index contributed by atoms with van der Waals surface area (Å²) in [6, 6.07) is 15.8. The number of nitrogen functional groups attached to an aromatic ring is 1. The zero-order valence-corrected chi connectivity index (χ0v) is 9.80. The fourth-order valence-electron chi connectivity index (χ4n) is 1.89. The number of aromatic amines is 1. The van der Waals surface area contributed by atoms with E-state index in [0.717, 1.165) is 27.8 Å². The number of aromatic nitrogens is 2. The SMILES string of the molecule is Nc1ccc(C=Cc2n[nH]c3ccccc23)cc1. The summed E-state index contributed by atoms with van der Waals surface area (Å²) in [5.41, 5.74) is 9.53. The van der Waals surface area contributed by atoms with Crippen LogP contribution in [-0.4, -0.2) is 10.2 Å². The molecular formula is C15H13N3. The molecule has 1 aromatic heterocycles. The number of benzene rings is 2. The number of para-hydroxylation sites is 1. The molecule has 3 N–H and O–H groups in total. The topological polar surface area (TPSA) is 54.7 Å². The lowest BCUT2D eigenvalue weighted by atomic mass is 10.1. The highest BCUT2D eigenvalue weighted by Crippen LogP contribution is 2.17. The van der Waals surface area contributed by atoms with Crippen molar-refractivity contribution in [3.63, 3.8) is 0 Å². The van der Waals surface area contributed by atoms with Crippen molar-refractivity contribution in [1.29, 1.82) is 0 Å². The van der Waals surface area contributed by atoms with Crippen LogP contribution in [0, 0.1) is 0 Å². The molecule has 0 saturated heterocycles. The van der Waals surface area contributed by atoms with Crippen LogP contribution >= 0.6 is 0 Å². The van der Waals surface area contributed by atoms with Crippen LogP contribution < -0.4 is 5.73 Å². The third kappa shape index (κ3) is 1.98. The summed E-state index contributed by atoms with van der Waals surface area (Å²) in [4.78, 5) is 0. The van der Waals surface area contributed by atoms with Crippen LogP contribution in [0.2, 0.25) is 0 Å². The highest BCUT2D eigenvalue weighted by molar-refractivity contribution is 5.89. The third-order valence-corrected chi connectivity index (χ3v) is 2.87.